The molecular weight excluding hydrogens is 662 g/mol. The molecule has 13 heteroatoms. The summed E-state index contributed by atoms with van der Waals surface area (Å²) in [5, 5.41) is 21.1. The van der Waals surface area contributed by atoms with E-state index in [4.69, 9.17) is 37.6 Å². The normalized spacial score (nSPS) is 14.6. The van der Waals surface area contributed by atoms with E-state index in [0.717, 1.165) is 16.7 Å². The van der Waals surface area contributed by atoms with Crippen molar-refractivity contribution < 1.29 is 52.6 Å². The standard InChI is InChI=1S/C38H43NO12/c1-44-29-9-8-21(12-24(29)20-40)27(18-34(42)49-6)37-36(43)28(41)16-25(51-37)19-39-11-10-22-13-30(45-2)31(46-3)17-26(22)35(39)23-14-32(47-4)38(50-7)33(15-23)48-5/h8-9,12-17,27,35,40,43H,10-11,18-20H2,1-7H3/t27-,35-/m1/s1. The van der Waals surface area contributed by atoms with Crippen molar-refractivity contribution in [2.24, 2.45) is 0 Å². The third kappa shape index (κ3) is 7.40. The SMILES string of the molecule is COC(=O)C[C@H](c1ccc(OC)c(CO)c1)c1oc(CN2CCc3cc(OC)c(OC)cc3[C@H]2c2cc(OC)c(OC)c(OC)c2)cc(=O)c1O. The lowest BCUT2D eigenvalue weighted by atomic mass is 9.87. The highest BCUT2D eigenvalue weighted by atomic mass is 16.5. The summed E-state index contributed by atoms with van der Waals surface area (Å²) in [5.41, 5.74) is 3.04. The Balaban J connectivity index is 1.65. The van der Waals surface area contributed by atoms with Crippen molar-refractivity contribution >= 4 is 5.97 Å². The molecule has 4 aromatic rings. The lowest BCUT2D eigenvalue weighted by Gasteiger charge is -2.38. The molecule has 0 aliphatic carbocycles. The van der Waals surface area contributed by atoms with Crippen LogP contribution in [0.25, 0.3) is 0 Å². The van der Waals surface area contributed by atoms with Gasteiger partial charge in [0.15, 0.2) is 28.8 Å². The van der Waals surface area contributed by atoms with E-state index in [1.165, 1.54) is 27.4 Å². The van der Waals surface area contributed by atoms with E-state index in [-0.39, 0.29) is 31.1 Å². The highest BCUT2D eigenvalue weighted by Crippen LogP contribution is 2.46. The van der Waals surface area contributed by atoms with Gasteiger partial charge in [0.05, 0.1) is 81.3 Å². The molecule has 0 amide bonds. The molecule has 13 nitrogen and oxygen atoms in total. The van der Waals surface area contributed by atoms with Gasteiger partial charge in [0.25, 0.3) is 0 Å². The van der Waals surface area contributed by atoms with Crippen LogP contribution in [0.3, 0.4) is 0 Å². The number of aromatic hydroxyl groups is 1. The Morgan fingerprint density at radius 3 is 2.08 bits per heavy atom. The molecule has 1 aliphatic heterocycles. The van der Waals surface area contributed by atoms with Crippen LogP contribution < -0.4 is 33.8 Å². The van der Waals surface area contributed by atoms with Crippen molar-refractivity contribution in [2.75, 3.05) is 56.3 Å². The fraction of sp³-hybridized carbons (Fsp3) is 0.368. The van der Waals surface area contributed by atoms with E-state index in [0.29, 0.717) is 58.6 Å². The van der Waals surface area contributed by atoms with Crippen molar-refractivity contribution in [2.45, 2.75) is 38.0 Å². The van der Waals surface area contributed by atoms with Gasteiger partial charge in [-0.15, -0.1) is 0 Å². The van der Waals surface area contributed by atoms with Crippen molar-refractivity contribution in [3.05, 3.63) is 98.1 Å². The lowest BCUT2D eigenvalue weighted by Crippen LogP contribution is -2.36. The first-order valence-electron chi connectivity index (χ1n) is 16.1. The van der Waals surface area contributed by atoms with Gasteiger partial charge in [-0.1, -0.05) is 6.07 Å². The van der Waals surface area contributed by atoms with Gasteiger partial charge in [0, 0.05) is 18.2 Å². The number of esters is 1. The fourth-order valence-electron chi connectivity index (χ4n) is 6.64. The summed E-state index contributed by atoms with van der Waals surface area (Å²) in [6.45, 7) is 0.327. The van der Waals surface area contributed by atoms with Gasteiger partial charge in [0.2, 0.25) is 16.9 Å². The Morgan fingerprint density at radius 2 is 1.49 bits per heavy atom. The number of methoxy groups -OCH3 is 7. The Bertz CT molecular complexity index is 1910. The van der Waals surface area contributed by atoms with Crippen LogP contribution in [0.1, 0.15) is 57.7 Å². The van der Waals surface area contributed by atoms with E-state index in [1.807, 2.05) is 24.3 Å². The molecule has 2 heterocycles. The Hall–Kier alpha value is -5.40. The smallest absolute Gasteiger partial charge is 0.306 e. The summed E-state index contributed by atoms with van der Waals surface area (Å²) in [5.74, 6) is 0.946. The number of rotatable bonds is 14. The van der Waals surface area contributed by atoms with E-state index < -0.39 is 29.1 Å². The highest BCUT2D eigenvalue weighted by molar-refractivity contribution is 5.71. The minimum absolute atomic E-state index is 0.106. The molecule has 51 heavy (non-hydrogen) atoms. The molecule has 5 rings (SSSR count). The average molecular weight is 706 g/mol. The zero-order valence-electron chi connectivity index (χ0n) is 29.7. The average Bonchev–Trinajstić information content (AvgIpc) is 3.16. The molecule has 1 aromatic heterocycles. The van der Waals surface area contributed by atoms with Crippen LogP contribution in [-0.4, -0.2) is 77.4 Å². The number of aliphatic hydroxyl groups is 1. The van der Waals surface area contributed by atoms with Gasteiger partial charge < -0.3 is 47.8 Å². The number of carbonyl (C=O) groups excluding carboxylic acids is 1. The van der Waals surface area contributed by atoms with Crippen LogP contribution in [0.2, 0.25) is 0 Å². The molecule has 0 spiro atoms. The van der Waals surface area contributed by atoms with Crippen molar-refractivity contribution in [3.8, 4) is 40.2 Å². The van der Waals surface area contributed by atoms with E-state index in [1.54, 1.807) is 46.6 Å². The predicted molar refractivity (Wildman–Crippen MR) is 186 cm³/mol. The molecular formula is C38H43NO12. The maximum absolute atomic E-state index is 13.4. The maximum atomic E-state index is 13.4. The third-order valence-corrected chi connectivity index (χ3v) is 9.13. The zero-order valence-corrected chi connectivity index (χ0v) is 29.7. The van der Waals surface area contributed by atoms with Gasteiger partial charge in [-0.25, -0.2) is 0 Å². The molecule has 2 atom stereocenters. The number of carbonyl (C=O) groups is 1. The van der Waals surface area contributed by atoms with Crippen LogP contribution >= 0.6 is 0 Å². The third-order valence-electron chi connectivity index (χ3n) is 9.13. The second kappa shape index (κ2) is 16.1. The summed E-state index contributed by atoms with van der Waals surface area (Å²) in [7, 11) is 10.5. The summed E-state index contributed by atoms with van der Waals surface area (Å²) in [6, 6.07) is 13.4. The van der Waals surface area contributed by atoms with Gasteiger partial charge in [-0.05, 0) is 65.1 Å². The molecule has 3 aromatic carbocycles. The molecule has 0 bridgehead atoms. The van der Waals surface area contributed by atoms with Crippen molar-refractivity contribution in [1.82, 2.24) is 4.90 Å². The number of aliphatic hydroxyl groups excluding tert-OH is 1. The Labute approximate surface area is 295 Å². The van der Waals surface area contributed by atoms with Crippen LogP contribution in [-0.2, 0) is 29.1 Å². The van der Waals surface area contributed by atoms with Crippen LogP contribution in [0, 0.1) is 0 Å². The predicted octanol–water partition coefficient (Wildman–Crippen LogP) is 4.73. The quantitative estimate of drug-likeness (QED) is 0.174. The van der Waals surface area contributed by atoms with Crippen LogP contribution in [0.15, 0.2) is 57.7 Å². The first-order chi connectivity index (χ1) is 24.6. The molecule has 0 fully saturated rings. The fourth-order valence-corrected chi connectivity index (χ4v) is 6.64. The zero-order chi connectivity index (χ0) is 36.8. The number of nitrogens with zero attached hydrogens (tertiary/aromatic N) is 1. The highest BCUT2D eigenvalue weighted by Gasteiger charge is 2.34. The number of ether oxygens (including phenoxy) is 7. The number of hydrogen-bond donors (Lipinski definition) is 2. The monoisotopic (exact) mass is 705 g/mol. The Morgan fingerprint density at radius 1 is 0.843 bits per heavy atom. The first-order valence-corrected chi connectivity index (χ1v) is 16.1. The van der Waals surface area contributed by atoms with Gasteiger partial charge in [-0.3, -0.25) is 14.5 Å². The number of hydrogen-bond acceptors (Lipinski definition) is 13. The number of benzene rings is 3. The lowest BCUT2D eigenvalue weighted by molar-refractivity contribution is -0.140. The second-order valence-electron chi connectivity index (χ2n) is 11.8. The van der Waals surface area contributed by atoms with Gasteiger partial charge in [0.1, 0.15) is 11.5 Å². The molecule has 272 valence electrons. The maximum Gasteiger partial charge on any atom is 0.306 e. The minimum Gasteiger partial charge on any atom is -0.502 e. The first kappa shape index (κ1) is 36.9. The van der Waals surface area contributed by atoms with Crippen molar-refractivity contribution in [3.63, 3.8) is 0 Å². The molecule has 0 saturated heterocycles. The Kier molecular flexibility index (Phi) is 11.6. The second-order valence-corrected chi connectivity index (χ2v) is 11.8. The molecule has 0 saturated carbocycles. The van der Waals surface area contributed by atoms with Crippen LogP contribution in [0.4, 0.5) is 0 Å². The molecule has 2 N–H and O–H groups in total. The summed E-state index contributed by atoms with van der Waals surface area (Å²) < 4.78 is 45.0. The minimum atomic E-state index is -0.925. The number of fused-ring (bicyclic) bond motifs is 1. The molecule has 0 unspecified atom stereocenters. The van der Waals surface area contributed by atoms with Gasteiger partial charge in [-0.2, -0.15) is 0 Å². The van der Waals surface area contributed by atoms with Gasteiger partial charge >= 0.3 is 5.97 Å². The molecule has 0 radical (unpaired) electrons. The topological polar surface area (TPSA) is 156 Å². The summed E-state index contributed by atoms with van der Waals surface area (Å²) in [6.07, 6.45) is 0.382. The van der Waals surface area contributed by atoms with E-state index in [9.17, 15) is 19.8 Å². The van der Waals surface area contributed by atoms with Crippen LogP contribution in [0.5, 0.6) is 40.2 Å². The van der Waals surface area contributed by atoms with E-state index in [2.05, 4.69) is 4.90 Å². The largest absolute Gasteiger partial charge is 0.502 e. The van der Waals surface area contributed by atoms with Crippen molar-refractivity contribution in [1.29, 1.82) is 0 Å². The molecule has 1 aliphatic rings. The summed E-state index contributed by atoms with van der Waals surface area (Å²) in [4.78, 5) is 28.2. The summed E-state index contributed by atoms with van der Waals surface area (Å²) >= 11 is 0. The van der Waals surface area contributed by atoms with E-state index >= 15 is 0 Å².